The van der Waals surface area contributed by atoms with Gasteiger partial charge in [0, 0.05) is 43.0 Å². The van der Waals surface area contributed by atoms with Crippen LogP contribution in [-0.4, -0.2) is 52.4 Å². The van der Waals surface area contributed by atoms with Crippen LogP contribution >= 0.6 is 0 Å². The van der Waals surface area contributed by atoms with Crippen molar-refractivity contribution in [1.82, 2.24) is 9.88 Å². The first-order valence-corrected chi connectivity index (χ1v) is 11.8. The molecule has 1 aliphatic heterocycles. The molecule has 0 radical (unpaired) electrons. The molecule has 3 aromatic rings. The Morgan fingerprint density at radius 3 is 2.62 bits per heavy atom. The van der Waals surface area contributed by atoms with E-state index in [1.54, 1.807) is 6.20 Å². The number of aliphatic hydroxyl groups excluding tert-OH is 1. The third kappa shape index (κ3) is 4.51. The van der Waals surface area contributed by atoms with Gasteiger partial charge in [0.2, 0.25) is 0 Å². The summed E-state index contributed by atoms with van der Waals surface area (Å²) in [6.45, 7) is 2.30. The zero-order valence-electron chi connectivity index (χ0n) is 18.5. The van der Waals surface area contributed by atoms with E-state index in [0.29, 0.717) is 19.4 Å². The van der Waals surface area contributed by atoms with Gasteiger partial charge in [-0.05, 0) is 67.2 Å². The normalized spacial score (nSPS) is 19.4. The Hall–Kier alpha value is -2.47. The number of aliphatic hydroxyl groups is 2. The lowest BCUT2D eigenvalue weighted by Crippen LogP contribution is -2.46. The van der Waals surface area contributed by atoms with E-state index in [2.05, 4.69) is 28.1 Å². The number of ether oxygens (including phenoxy) is 1. The molecule has 0 amide bonds. The van der Waals surface area contributed by atoms with Gasteiger partial charge in [-0.3, -0.25) is 4.98 Å². The van der Waals surface area contributed by atoms with E-state index >= 15 is 0 Å². The minimum Gasteiger partial charge on any atom is -0.491 e. The van der Waals surface area contributed by atoms with Crippen molar-refractivity contribution < 1.29 is 14.9 Å². The van der Waals surface area contributed by atoms with Crippen LogP contribution in [0.15, 0.2) is 54.9 Å². The summed E-state index contributed by atoms with van der Waals surface area (Å²) in [5, 5.41) is 24.1. The molecule has 168 valence electrons. The molecule has 5 heteroatoms. The number of likely N-dealkylation sites (tertiary alicyclic amines) is 1. The molecule has 0 spiro atoms. The summed E-state index contributed by atoms with van der Waals surface area (Å²) in [6, 6.07) is 14.4. The molecule has 2 N–H and O–H groups in total. The van der Waals surface area contributed by atoms with Crippen molar-refractivity contribution in [2.75, 3.05) is 26.2 Å². The highest BCUT2D eigenvalue weighted by Crippen LogP contribution is 2.36. The van der Waals surface area contributed by atoms with Crippen molar-refractivity contribution in [3.63, 3.8) is 0 Å². The molecule has 2 heterocycles. The largest absolute Gasteiger partial charge is 0.491 e. The maximum absolute atomic E-state index is 11.4. The number of hydrogen-bond acceptors (Lipinski definition) is 5. The lowest BCUT2D eigenvalue weighted by Gasteiger charge is -2.39. The van der Waals surface area contributed by atoms with Crippen molar-refractivity contribution in [2.45, 2.75) is 50.2 Å². The Morgan fingerprint density at radius 1 is 1.00 bits per heavy atom. The highest BCUT2D eigenvalue weighted by atomic mass is 16.5. The highest BCUT2D eigenvalue weighted by Gasteiger charge is 2.35. The van der Waals surface area contributed by atoms with Crippen molar-refractivity contribution in [2.24, 2.45) is 0 Å². The van der Waals surface area contributed by atoms with Crippen molar-refractivity contribution >= 4 is 10.8 Å². The molecule has 32 heavy (non-hydrogen) atoms. The molecule has 1 atom stereocenters. The average Bonchev–Trinajstić information content (AvgIpc) is 2.84. The molecule has 5 nitrogen and oxygen atoms in total. The van der Waals surface area contributed by atoms with Crippen LogP contribution in [0, 0.1) is 0 Å². The van der Waals surface area contributed by atoms with Gasteiger partial charge in [-0.1, -0.05) is 30.3 Å². The third-order valence-electron chi connectivity index (χ3n) is 7.08. The molecule has 2 aromatic carbocycles. The van der Waals surface area contributed by atoms with Gasteiger partial charge in [0.15, 0.2) is 0 Å². The van der Waals surface area contributed by atoms with Crippen LogP contribution in [0.2, 0.25) is 0 Å². The van der Waals surface area contributed by atoms with Gasteiger partial charge in [-0.25, -0.2) is 0 Å². The van der Waals surface area contributed by atoms with E-state index in [1.165, 1.54) is 24.0 Å². The maximum atomic E-state index is 11.4. The van der Waals surface area contributed by atoms with Crippen LogP contribution in [0.25, 0.3) is 10.8 Å². The lowest BCUT2D eigenvalue weighted by atomic mass is 9.83. The molecule has 1 fully saturated rings. The second-order valence-electron chi connectivity index (χ2n) is 9.34. The minimum atomic E-state index is -0.880. The molecule has 2 aliphatic rings. The van der Waals surface area contributed by atoms with Gasteiger partial charge in [0.05, 0.1) is 5.60 Å². The number of benzene rings is 2. The Kier molecular flexibility index (Phi) is 6.13. The summed E-state index contributed by atoms with van der Waals surface area (Å²) in [7, 11) is 0. The van der Waals surface area contributed by atoms with Gasteiger partial charge in [-0.2, -0.15) is 0 Å². The fraction of sp³-hybridized carbons (Fsp3) is 0.444. The van der Waals surface area contributed by atoms with E-state index in [-0.39, 0.29) is 6.61 Å². The summed E-state index contributed by atoms with van der Waals surface area (Å²) in [4.78, 5) is 6.57. The number of hydrogen-bond donors (Lipinski definition) is 2. The van der Waals surface area contributed by atoms with E-state index in [1.807, 2.05) is 30.5 Å². The van der Waals surface area contributed by atoms with Crippen LogP contribution in [-0.2, 0) is 18.4 Å². The highest BCUT2D eigenvalue weighted by molar-refractivity contribution is 5.85. The SMILES string of the molecule is O[C@H](COc1ccc2c(c1)CCCC2)CN1CCC(O)(c2cncc3ccccc23)CC1. The van der Waals surface area contributed by atoms with Gasteiger partial charge >= 0.3 is 0 Å². The Bertz CT molecular complexity index is 1070. The number of rotatable bonds is 6. The minimum absolute atomic E-state index is 0.285. The Morgan fingerprint density at radius 2 is 1.78 bits per heavy atom. The second-order valence-corrected chi connectivity index (χ2v) is 9.34. The van der Waals surface area contributed by atoms with Gasteiger partial charge in [0.25, 0.3) is 0 Å². The van der Waals surface area contributed by atoms with Crippen LogP contribution in [0.4, 0.5) is 0 Å². The topological polar surface area (TPSA) is 65.8 Å². The Balaban J connectivity index is 1.15. The second kappa shape index (κ2) is 9.18. The van der Waals surface area contributed by atoms with Crippen molar-refractivity contribution in [3.8, 4) is 5.75 Å². The molecule has 1 aromatic heterocycles. The molecule has 0 unspecified atom stereocenters. The first kappa shape index (κ1) is 21.4. The zero-order chi connectivity index (χ0) is 22.0. The first-order chi connectivity index (χ1) is 15.6. The number of aryl methyl sites for hydroxylation is 2. The number of fused-ring (bicyclic) bond motifs is 2. The molecule has 1 saturated heterocycles. The molecule has 1 aliphatic carbocycles. The van der Waals surface area contributed by atoms with Gasteiger partial charge in [-0.15, -0.1) is 0 Å². The summed E-state index contributed by atoms with van der Waals surface area (Å²) in [5.74, 6) is 0.848. The van der Waals surface area contributed by atoms with Crippen LogP contribution < -0.4 is 4.74 Å². The van der Waals surface area contributed by atoms with E-state index < -0.39 is 11.7 Å². The average molecular weight is 433 g/mol. The van der Waals surface area contributed by atoms with E-state index in [0.717, 1.165) is 48.0 Å². The fourth-order valence-electron chi connectivity index (χ4n) is 5.20. The standard InChI is InChI=1S/C27H32N2O3/c30-23(19-32-24-10-9-20-5-1-2-6-21(20)15-24)18-29-13-11-27(31,12-14-29)26-17-28-16-22-7-3-4-8-25(22)26/h3-4,7-10,15-17,23,30-31H,1-2,5-6,11-14,18-19H2/t23-/m0/s1. The number of nitrogens with zero attached hydrogens (tertiary/aromatic N) is 2. The monoisotopic (exact) mass is 432 g/mol. The smallest absolute Gasteiger partial charge is 0.119 e. The van der Waals surface area contributed by atoms with Crippen LogP contribution in [0.3, 0.4) is 0 Å². The predicted octanol–water partition coefficient (Wildman–Crippen LogP) is 3.84. The zero-order valence-corrected chi connectivity index (χ0v) is 18.5. The molecular weight excluding hydrogens is 400 g/mol. The van der Waals surface area contributed by atoms with Gasteiger partial charge < -0.3 is 19.8 Å². The number of pyridine rings is 1. The third-order valence-corrected chi connectivity index (χ3v) is 7.08. The van der Waals surface area contributed by atoms with Gasteiger partial charge in [0.1, 0.15) is 18.5 Å². The number of aromatic nitrogens is 1. The fourth-order valence-corrected chi connectivity index (χ4v) is 5.20. The molecule has 5 rings (SSSR count). The maximum Gasteiger partial charge on any atom is 0.119 e. The van der Waals surface area contributed by atoms with Crippen molar-refractivity contribution in [3.05, 3.63) is 71.5 Å². The summed E-state index contributed by atoms with van der Waals surface area (Å²) in [5.41, 5.74) is 2.86. The molecular formula is C27H32N2O3. The Labute approximate surface area is 189 Å². The summed E-state index contributed by atoms with van der Waals surface area (Å²) in [6.07, 6.45) is 9.14. The van der Waals surface area contributed by atoms with E-state index in [9.17, 15) is 10.2 Å². The van der Waals surface area contributed by atoms with Crippen LogP contribution in [0.5, 0.6) is 5.75 Å². The summed E-state index contributed by atoms with van der Waals surface area (Å²) < 4.78 is 5.90. The van der Waals surface area contributed by atoms with Crippen LogP contribution in [0.1, 0.15) is 42.4 Å². The number of piperidine rings is 1. The summed E-state index contributed by atoms with van der Waals surface area (Å²) >= 11 is 0. The lowest BCUT2D eigenvalue weighted by molar-refractivity contribution is -0.0364. The first-order valence-electron chi connectivity index (χ1n) is 11.8. The predicted molar refractivity (Wildman–Crippen MR) is 126 cm³/mol. The molecule has 0 bridgehead atoms. The van der Waals surface area contributed by atoms with E-state index in [4.69, 9.17) is 4.74 Å². The van der Waals surface area contributed by atoms with Crippen molar-refractivity contribution in [1.29, 1.82) is 0 Å². The quantitative estimate of drug-likeness (QED) is 0.620. The number of β-amino-alcohol motifs (C(OH)–C–C–N with tert-alkyl or cyclic N) is 1. The molecule has 0 saturated carbocycles.